The van der Waals surface area contributed by atoms with Crippen molar-refractivity contribution in [1.82, 2.24) is 15.3 Å². The molecule has 0 aliphatic carbocycles. The predicted octanol–water partition coefficient (Wildman–Crippen LogP) is -0.282. The molecule has 9 N–H and O–H groups in total. The zero-order valence-electron chi connectivity index (χ0n) is 16.8. The summed E-state index contributed by atoms with van der Waals surface area (Å²) < 4.78 is 0. The Labute approximate surface area is 181 Å². The molecule has 32 heavy (non-hydrogen) atoms. The van der Waals surface area contributed by atoms with Crippen LogP contribution in [0, 0.1) is 0 Å². The quantitative estimate of drug-likeness (QED) is 0.251. The molecule has 0 saturated carbocycles. The lowest BCUT2D eigenvalue weighted by atomic mass is 10.1. The van der Waals surface area contributed by atoms with Gasteiger partial charge >= 0.3 is 11.9 Å². The van der Waals surface area contributed by atoms with E-state index >= 15 is 0 Å². The molecule has 13 heteroatoms. The number of fused-ring (bicyclic) bond motifs is 1. The second-order valence-corrected chi connectivity index (χ2v) is 7.15. The molecule has 1 aromatic heterocycles. The number of carboxylic acids is 2. The largest absolute Gasteiger partial charge is 0.481 e. The number of aromatic nitrogens is 2. The van der Waals surface area contributed by atoms with E-state index in [1.54, 1.807) is 12.1 Å². The van der Waals surface area contributed by atoms with Crippen LogP contribution in [0.4, 0.5) is 23.1 Å². The highest BCUT2D eigenvalue weighted by Crippen LogP contribution is 2.20. The molecule has 0 fully saturated rings. The summed E-state index contributed by atoms with van der Waals surface area (Å²) in [5.74, 6) is -2.64. The smallest absolute Gasteiger partial charge is 0.326 e. The summed E-state index contributed by atoms with van der Waals surface area (Å²) >= 11 is 0. The number of benzene rings is 1. The van der Waals surface area contributed by atoms with Gasteiger partial charge in [-0.2, -0.15) is 4.98 Å². The van der Waals surface area contributed by atoms with Gasteiger partial charge in [-0.05, 0) is 30.7 Å². The molecule has 13 nitrogen and oxygen atoms in total. The Morgan fingerprint density at radius 3 is 2.59 bits per heavy atom. The van der Waals surface area contributed by atoms with Crippen molar-refractivity contribution < 1.29 is 24.6 Å². The second kappa shape index (κ2) is 9.68. The Balaban J connectivity index is 1.54. The number of nitrogen functional groups attached to an aromatic ring is 1. The van der Waals surface area contributed by atoms with Gasteiger partial charge in [0.25, 0.3) is 11.5 Å². The van der Waals surface area contributed by atoms with Gasteiger partial charge in [0.2, 0.25) is 5.95 Å². The number of nitrogens with one attached hydrogen (secondary N) is 5. The van der Waals surface area contributed by atoms with Crippen LogP contribution in [0.1, 0.15) is 23.2 Å². The minimum absolute atomic E-state index is 0.0281. The number of carbonyl (C=O) groups excluding carboxylic acids is 1. The van der Waals surface area contributed by atoms with Gasteiger partial charge in [0, 0.05) is 30.8 Å². The lowest BCUT2D eigenvalue weighted by Gasteiger charge is -2.27. The SMILES string of the molecule is Nc1nc2c(c(=O)[nH]1)NC(CNc1ccc(C(=O)N[C@H](CCC(=O)O)C(=O)O)cc1)CN2. The number of aromatic amines is 1. The summed E-state index contributed by atoms with van der Waals surface area (Å²) in [6, 6.07) is 4.93. The van der Waals surface area contributed by atoms with Crippen LogP contribution in [-0.2, 0) is 9.59 Å². The molecule has 1 aliphatic heterocycles. The maximum Gasteiger partial charge on any atom is 0.326 e. The Morgan fingerprint density at radius 1 is 1.22 bits per heavy atom. The van der Waals surface area contributed by atoms with E-state index in [2.05, 4.69) is 31.2 Å². The van der Waals surface area contributed by atoms with Gasteiger partial charge in [0.1, 0.15) is 11.7 Å². The Hall–Kier alpha value is -4.29. The third kappa shape index (κ3) is 5.65. The second-order valence-electron chi connectivity index (χ2n) is 7.15. The Kier molecular flexibility index (Phi) is 6.77. The molecular formula is C19H23N7O6. The molecule has 3 rings (SSSR count). The van der Waals surface area contributed by atoms with Crippen molar-refractivity contribution >= 4 is 41.0 Å². The topological polar surface area (TPSA) is 212 Å². The molecule has 2 heterocycles. The van der Waals surface area contributed by atoms with Crippen molar-refractivity contribution in [2.45, 2.75) is 24.9 Å². The highest BCUT2D eigenvalue weighted by atomic mass is 16.4. The summed E-state index contributed by atoms with van der Waals surface area (Å²) in [6.07, 6.45) is -0.587. The van der Waals surface area contributed by atoms with E-state index in [9.17, 15) is 19.2 Å². The Morgan fingerprint density at radius 2 is 1.94 bits per heavy atom. The van der Waals surface area contributed by atoms with Gasteiger partial charge in [-0.25, -0.2) is 4.79 Å². The van der Waals surface area contributed by atoms with E-state index in [0.29, 0.717) is 30.3 Å². The molecule has 0 saturated heterocycles. The van der Waals surface area contributed by atoms with Crippen molar-refractivity contribution in [1.29, 1.82) is 0 Å². The highest BCUT2D eigenvalue weighted by Gasteiger charge is 2.23. The molecule has 2 atom stereocenters. The van der Waals surface area contributed by atoms with Crippen molar-refractivity contribution in [2.24, 2.45) is 0 Å². The number of carbonyl (C=O) groups is 3. The number of anilines is 4. The monoisotopic (exact) mass is 445 g/mol. The first kappa shape index (κ1) is 22.4. The summed E-state index contributed by atoms with van der Waals surface area (Å²) in [4.78, 5) is 52.6. The van der Waals surface area contributed by atoms with Crippen molar-refractivity contribution in [3.8, 4) is 0 Å². The third-order valence-corrected chi connectivity index (χ3v) is 4.75. The fourth-order valence-corrected chi connectivity index (χ4v) is 3.10. The zero-order chi connectivity index (χ0) is 23.3. The highest BCUT2D eigenvalue weighted by molar-refractivity contribution is 5.96. The van der Waals surface area contributed by atoms with Crippen LogP contribution in [0.3, 0.4) is 0 Å². The van der Waals surface area contributed by atoms with E-state index in [1.165, 1.54) is 12.1 Å². The van der Waals surface area contributed by atoms with Gasteiger partial charge in [0.15, 0.2) is 5.82 Å². The van der Waals surface area contributed by atoms with Gasteiger partial charge in [-0.3, -0.25) is 19.4 Å². The van der Waals surface area contributed by atoms with Crippen LogP contribution >= 0.6 is 0 Å². The molecule has 0 radical (unpaired) electrons. The van der Waals surface area contributed by atoms with E-state index in [-0.39, 0.29) is 36.0 Å². The molecule has 1 aliphatic rings. The predicted molar refractivity (Wildman–Crippen MR) is 116 cm³/mol. The minimum atomic E-state index is -1.30. The third-order valence-electron chi connectivity index (χ3n) is 4.75. The normalized spacial score (nSPS) is 15.4. The summed E-state index contributed by atoms with van der Waals surface area (Å²) in [6.45, 7) is 0.960. The maximum absolute atomic E-state index is 12.3. The summed E-state index contributed by atoms with van der Waals surface area (Å²) in [5.41, 5.74) is 6.40. The lowest BCUT2D eigenvalue weighted by Crippen LogP contribution is -2.41. The van der Waals surface area contributed by atoms with Crippen LogP contribution in [0.25, 0.3) is 0 Å². The van der Waals surface area contributed by atoms with E-state index in [4.69, 9.17) is 15.9 Å². The first-order chi connectivity index (χ1) is 15.2. The molecule has 0 bridgehead atoms. The van der Waals surface area contributed by atoms with Crippen LogP contribution in [0.2, 0.25) is 0 Å². The Bertz CT molecular complexity index is 1070. The van der Waals surface area contributed by atoms with Gasteiger partial charge < -0.3 is 37.2 Å². The number of rotatable bonds is 9. The lowest BCUT2D eigenvalue weighted by molar-refractivity contribution is -0.140. The average molecular weight is 445 g/mol. The van der Waals surface area contributed by atoms with Crippen molar-refractivity contribution in [3.05, 3.63) is 40.2 Å². The number of H-pyrrole nitrogens is 1. The maximum atomic E-state index is 12.3. The van der Waals surface area contributed by atoms with E-state index < -0.39 is 23.9 Å². The van der Waals surface area contributed by atoms with Crippen molar-refractivity contribution in [2.75, 3.05) is 34.8 Å². The number of nitrogens with two attached hydrogens (primary N) is 1. The standard InChI is InChI=1S/C19H23N7O6/c20-19-25-15-14(17(30)26-19)23-11(8-22-15)7-21-10-3-1-9(2-4-10)16(29)24-12(18(31)32)5-6-13(27)28/h1-4,11-12,21,23H,5-8H2,(H,24,29)(H,27,28)(H,31,32)(H4,20,22,25,26,30)/t11?,12-/m1/s1. The van der Waals surface area contributed by atoms with Crippen molar-refractivity contribution in [3.63, 3.8) is 0 Å². The van der Waals surface area contributed by atoms with Crippen LogP contribution in [-0.4, -0.2) is 63.2 Å². The van der Waals surface area contributed by atoms with E-state index in [1.807, 2.05) is 0 Å². The minimum Gasteiger partial charge on any atom is -0.481 e. The number of amides is 1. The molecule has 0 spiro atoms. The first-order valence-corrected chi connectivity index (χ1v) is 9.72. The zero-order valence-corrected chi connectivity index (χ0v) is 16.8. The molecule has 170 valence electrons. The fourth-order valence-electron chi connectivity index (χ4n) is 3.10. The summed E-state index contributed by atoms with van der Waals surface area (Å²) in [7, 11) is 0. The van der Waals surface area contributed by atoms with E-state index in [0.717, 1.165) is 0 Å². The van der Waals surface area contributed by atoms with Gasteiger partial charge in [0.05, 0.1) is 6.04 Å². The molecule has 1 unspecified atom stereocenters. The van der Waals surface area contributed by atoms with Gasteiger partial charge in [-0.15, -0.1) is 0 Å². The van der Waals surface area contributed by atoms with Gasteiger partial charge in [-0.1, -0.05) is 0 Å². The number of nitrogens with zero attached hydrogens (tertiary/aromatic N) is 1. The average Bonchev–Trinajstić information content (AvgIpc) is 2.75. The first-order valence-electron chi connectivity index (χ1n) is 9.72. The number of hydrogen-bond donors (Lipinski definition) is 8. The summed E-state index contributed by atoms with van der Waals surface area (Å²) in [5, 5.41) is 29.5. The number of aliphatic carboxylic acids is 2. The van der Waals surface area contributed by atoms with Crippen LogP contribution < -0.4 is 32.6 Å². The number of carboxylic acid groups (broad SMARTS) is 2. The van der Waals surface area contributed by atoms with Crippen LogP contribution in [0.15, 0.2) is 29.1 Å². The fraction of sp³-hybridized carbons (Fsp3) is 0.316. The molecule has 1 amide bonds. The molecule has 2 aromatic rings. The van der Waals surface area contributed by atoms with Crippen LogP contribution in [0.5, 0.6) is 0 Å². The molecular weight excluding hydrogens is 422 g/mol. The molecule has 1 aromatic carbocycles. The number of hydrogen-bond acceptors (Lipinski definition) is 9.